The monoisotopic (exact) mass is 436 g/mol. The Morgan fingerprint density at radius 3 is 2.85 bits per heavy atom. The van der Waals surface area contributed by atoms with Gasteiger partial charge in [-0.2, -0.15) is 5.26 Å². The van der Waals surface area contributed by atoms with Gasteiger partial charge in [-0.1, -0.05) is 28.1 Å². The first-order valence-electron chi connectivity index (χ1n) is 7.44. The molecule has 2 aromatic rings. The number of halogens is 1. The predicted molar refractivity (Wildman–Crippen MR) is 95.3 cm³/mol. The lowest BCUT2D eigenvalue weighted by Gasteiger charge is -2.13. The fourth-order valence-corrected chi connectivity index (χ4v) is 4.31. The van der Waals surface area contributed by atoms with Gasteiger partial charge in [0.25, 0.3) is 15.9 Å². The van der Waals surface area contributed by atoms with Crippen LogP contribution in [0.4, 0.5) is 0 Å². The van der Waals surface area contributed by atoms with Crippen molar-refractivity contribution < 1.29 is 22.7 Å². The molecular formula is C17H13BrN2O5S. The first-order valence-corrected chi connectivity index (χ1v) is 9.71. The number of para-hydroxylation sites is 1. The molecule has 9 heteroatoms. The average molecular weight is 437 g/mol. The van der Waals surface area contributed by atoms with E-state index >= 15 is 0 Å². The van der Waals surface area contributed by atoms with Gasteiger partial charge in [0.2, 0.25) is 0 Å². The molecule has 0 bridgehead atoms. The fourth-order valence-electron chi connectivity index (χ4n) is 2.59. The molecule has 1 amide bonds. The Bertz CT molecular complexity index is 1030. The minimum absolute atomic E-state index is 0.154. The molecule has 26 heavy (non-hydrogen) atoms. The zero-order valence-electron chi connectivity index (χ0n) is 13.5. The molecule has 0 spiro atoms. The quantitative estimate of drug-likeness (QED) is 0.786. The molecule has 0 saturated carbocycles. The van der Waals surface area contributed by atoms with Crippen molar-refractivity contribution in [3.8, 4) is 17.6 Å². The van der Waals surface area contributed by atoms with Crippen molar-refractivity contribution in [3.63, 3.8) is 0 Å². The van der Waals surface area contributed by atoms with Crippen molar-refractivity contribution in [1.82, 2.24) is 4.72 Å². The molecule has 7 nitrogen and oxygen atoms in total. The summed E-state index contributed by atoms with van der Waals surface area (Å²) in [6, 6.07) is 11.1. The summed E-state index contributed by atoms with van der Waals surface area (Å²) in [7, 11) is -2.66. The van der Waals surface area contributed by atoms with E-state index in [4.69, 9.17) is 14.7 Å². The van der Waals surface area contributed by atoms with Gasteiger partial charge in [0, 0.05) is 16.5 Å². The Kier molecular flexibility index (Phi) is 4.89. The summed E-state index contributed by atoms with van der Waals surface area (Å²) < 4.78 is 38.1. The van der Waals surface area contributed by atoms with Gasteiger partial charge in [-0.3, -0.25) is 4.79 Å². The van der Waals surface area contributed by atoms with Gasteiger partial charge in [0.1, 0.15) is 0 Å². The lowest BCUT2D eigenvalue weighted by molar-refractivity contribution is -0.125. The zero-order valence-corrected chi connectivity index (χ0v) is 15.9. The van der Waals surface area contributed by atoms with Crippen molar-refractivity contribution in [3.05, 3.63) is 52.0 Å². The molecule has 2 aromatic carbocycles. The fraction of sp³-hybridized carbons (Fsp3) is 0.176. The molecule has 0 saturated heterocycles. The molecule has 1 aliphatic heterocycles. The number of ether oxygens (including phenoxy) is 2. The molecule has 0 radical (unpaired) electrons. The molecule has 1 aliphatic rings. The Balaban J connectivity index is 1.81. The van der Waals surface area contributed by atoms with Crippen molar-refractivity contribution in [2.45, 2.75) is 17.4 Å². The first kappa shape index (κ1) is 18.2. The van der Waals surface area contributed by atoms with Crippen LogP contribution in [-0.4, -0.2) is 27.5 Å². The van der Waals surface area contributed by atoms with Crippen LogP contribution in [0.15, 0.2) is 45.8 Å². The molecule has 0 aliphatic carbocycles. The van der Waals surface area contributed by atoms with Gasteiger partial charge >= 0.3 is 0 Å². The highest BCUT2D eigenvalue weighted by atomic mass is 79.9. The van der Waals surface area contributed by atoms with E-state index in [1.165, 1.54) is 25.3 Å². The SMILES string of the molecule is COc1cccc2c1OC(C(=O)NS(=O)(=O)c1cc(Br)cc(C#N)c1)C2. The Hall–Kier alpha value is -2.57. The van der Waals surface area contributed by atoms with E-state index in [0.717, 1.165) is 5.56 Å². The number of rotatable bonds is 4. The number of methoxy groups -OCH3 is 1. The summed E-state index contributed by atoms with van der Waals surface area (Å²) in [6.45, 7) is 0. The summed E-state index contributed by atoms with van der Waals surface area (Å²) >= 11 is 3.15. The van der Waals surface area contributed by atoms with Crippen molar-refractivity contribution >= 4 is 31.9 Å². The van der Waals surface area contributed by atoms with Crippen LogP contribution in [0.5, 0.6) is 11.5 Å². The lowest BCUT2D eigenvalue weighted by atomic mass is 10.1. The molecule has 3 rings (SSSR count). The van der Waals surface area contributed by atoms with E-state index in [2.05, 4.69) is 15.9 Å². The van der Waals surface area contributed by atoms with E-state index in [9.17, 15) is 13.2 Å². The van der Waals surface area contributed by atoms with Gasteiger partial charge in [0.15, 0.2) is 17.6 Å². The van der Waals surface area contributed by atoms with Gasteiger partial charge in [0.05, 0.1) is 23.6 Å². The highest BCUT2D eigenvalue weighted by Gasteiger charge is 2.33. The molecule has 1 atom stereocenters. The molecule has 0 aromatic heterocycles. The topological polar surface area (TPSA) is 105 Å². The predicted octanol–water partition coefficient (Wildman–Crippen LogP) is 2.14. The number of benzene rings is 2. The second kappa shape index (κ2) is 6.97. The standard InChI is InChI=1S/C17H13BrN2O5S/c1-24-14-4-2-3-11-7-15(25-16(11)14)17(21)20-26(22,23)13-6-10(9-19)5-12(18)8-13/h2-6,8,15H,7H2,1H3,(H,20,21). The number of fused-ring (bicyclic) bond motifs is 1. The number of nitriles is 1. The van der Waals surface area contributed by atoms with E-state index in [-0.39, 0.29) is 16.9 Å². The number of nitrogens with one attached hydrogen (secondary N) is 1. The number of hydrogen-bond donors (Lipinski definition) is 1. The number of amides is 1. The Labute approximate surface area is 158 Å². The third-order valence-corrected chi connectivity index (χ3v) is 5.57. The summed E-state index contributed by atoms with van der Waals surface area (Å²) in [5.74, 6) is 0.120. The smallest absolute Gasteiger partial charge is 0.275 e. The highest BCUT2D eigenvalue weighted by molar-refractivity contribution is 9.10. The van der Waals surface area contributed by atoms with Crippen LogP contribution >= 0.6 is 15.9 Å². The first-order chi connectivity index (χ1) is 12.3. The lowest BCUT2D eigenvalue weighted by Crippen LogP contribution is -2.40. The highest BCUT2D eigenvalue weighted by Crippen LogP contribution is 2.37. The number of sulfonamides is 1. The zero-order chi connectivity index (χ0) is 18.9. The van der Waals surface area contributed by atoms with Crippen molar-refractivity contribution in [1.29, 1.82) is 5.26 Å². The van der Waals surface area contributed by atoms with E-state index in [1.54, 1.807) is 18.2 Å². The Morgan fingerprint density at radius 1 is 1.38 bits per heavy atom. The van der Waals surface area contributed by atoms with Crippen LogP contribution in [0, 0.1) is 11.3 Å². The minimum Gasteiger partial charge on any atom is -0.493 e. The van der Waals surface area contributed by atoms with Crippen LogP contribution in [0.3, 0.4) is 0 Å². The number of carbonyl (C=O) groups excluding carboxylic acids is 1. The largest absolute Gasteiger partial charge is 0.493 e. The molecule has 1 N–H and O–H groups in total. The van der Waals surface area contributed by atoms with E-state index < -0.39 is 22.0 Å². The summed E-state index contributed by atoms with van der Waals surface area (Å²) in [5, 5.41) is 8.97. The summed E-state index contributed by atoms with van der Waals surface area (Å²) in [5.41, 5.74) is 0.914. The second-order valence-corrected chi connectivity index (χ2v) is 8.11. The summed E-state index contributed by atoms with van der Waals surface area (Å²) in [6.07, 6.45) is -0.755. The van der Waals surface area contributed by atoms with Crippen LogP contribution < -0.4 is 14.2 Å². The van der Waals surface area contributed by atoms with Gasteiger partial charge in [-0.05, 0) is 24.3 Å². The van der Waals surface area contributed by atoms with Crippen LogP contribution in [0.1, 0.15) is 11.1 Å². The molecule has 1 unspecified atom stereocenters. The van der Waals surface area contributed by atoms with Crippen LogP contribution in [0.25, 0.3) is 0 Å². The third kappa shape index (κ3) is 3.52. The minimum atomic E-state index is -4.15. The average Bonchev–Trinajstić information content (AvgIpc) is 3.05. The second-order valence-electron chi connectivity index (χ2n) is 5.52. The van der Waals surface area contributed by atoms with E-state index in [1.807, 2.05) is 10.8 Å². The number of carbonyl (C=O) groups is 1. The number of hydrogen-bond acceptors (Lipinski definition) is 6. The maximum Gasteiger partial charge on any atom is 0.275 e. The van der Waals surface area contributed by atoms with Gasteiger partial charge in [-0.25, -0.2) is 13.1 Å². The maximum atomic E-state index is 12.5. The van der Waals surface area contributed by atoms with Gasteiger partial charge < -0.3 is 9.47 Å². The molecule has 0 fully saturated rings. The van der Waals surface area contributed by atoms with Crippen molar-refractivity contribution in [2.24, 2.45) is 0 Å². The maximum absolute atomic E-state index is 12.5. The summed E-state index contributed by atoms with van der Waals surface area (Å²) in [4.78, 5) is 12.2. The normalized spacial score (nSPS) is 15.5. The van der Waals surface area contributed by atoms with E-state index in [0.29, 0.717) is 16.0 Å². The van der Waals surface area contributed by atoms with Crippen LogP contribution in [-0.2, 0) is 21.2 Å². The molecular weight excluding hydrogens is 424 g/mol. The number of nitrogens with zero attached hydrogens (tertiary/aromatic N) is 1. The van der Waals surface area contributed by atoms with Crippen LogP contribution in [0.2, 0.25) is 0 Å². The van der Waals surface area contributed by atoms with Crippen molar-refractivity contribution in [2.75, 3.05) is 7.11 Å². The Morgan fingerprint density at radius 2 is 2.15 bits per heavy atom. The molecule has 134 valence electrons. The van der Waals surface area contributed by atoms with Gasteiger partial charge in [-0.15, -0.1) is 0 Å². The molecule has 1 heterocycles. The third-order valence-electron chi connectivity index (χ3n) is 3.78.